The van der Waals surface area contributed by atoms with Gasteiger partial charge in [-0.25, -0.2) is 4.98 Å². The SMILES string of the molecule is Cc1csc(SC2CCC(NC(=O)Cc3ccccn3)CC2)n1. The van der Waals surface area contributed by atoms with Crippen LogP contribution in [0.4, 0.5) is 0 Å². The molecule has 0 unspecified atom stereocenters. The Morgan fingerprint density at radius 2 is 2.17 bits per heavy atom. The Morgan fingerprint density at radius 3 is 2.83 bits per heavy atom. The van der Waals surface area contributed by atoms with Crippen LogP contribution in [0.2, 0.25) is 0 Å². The molecule has 0 radical (unpaired) electrons. The molecule has 2 aromatic rings. The highest BCUT2D eigenvalue weighted by Crippen LogP contribution is 2.35. The van der Waals surface area contributed by atoms with Gasteiger partial charge in [0.1, 0.15) is 4.34 Å². The quantitative estimate of drug-likeness (QED) is 0.898. The third kappa shape index (κ3) is 5.04. The van der Waals surface area contributed by atoms with E-state index in [0.717, 1.165) is 37.1 Å². The second-order valence-electron chi connectivity index (χ2n) is 5.91. The summed E-state index contributed by atoms with van der Waals surface area (Å²) < 4.78 is 1.17. The minimum atomic E-state index is 0.0790. The van der Waals surface area contributed by atoms with Crippen LogP contribution in [0.25, 0.3) is 0 Å². The van der Waals surface area contributed by atoms with Gasteiger partial charge in [-0.15, -0.1) is 11.3 Å². The number of aryl methyl sites for hydroxylation is 1. The average Bonchev–Trinajstić information content (AvgIpc) is 2.95. The van der Waals surface area contributed by atoms with Crippen molar-refractivity contribution < 1.29 is 4.79 Å². The lowest BCUT2D eigenvalue weighted by Crippen LogP contribution is -2.39. The molecule has 1 aliphatic rings. The van der Waals surface area contributed by atoms with E-state index in [9.17, 15) is 4.79 Å². The molecule has 1 aliphatic carbocycles. The maximum atomic E-state index is 12.1. The van der Waals surface area contributed by atoms with Gasteiger partial charge in [0.15, 0.2) is 0 Å². The number of pyridine rings is 1. The van der Waals surface area contributed by atoms with Gasteiger partial charge in [0, 0.05) is 34.3 Å². The molecule has 1 fully saturated rings. The predicted octanol–water partition coefficient (Wildman–Crippen LogP) is 3.61. The van der Waals surface area contributed by atoms with Crippen LogP contribution in [0, 0.1) is 6.92 Å². The summed E-state index contributed by atoms with van der Waals surface area (Å²) in [5.41, 5.74) is 1.93. The molecule has 0 aromatic carbocycles. The first-order valence-electron chi connectivity index (χ1n) is 7.97. The van der Waals surface area contributed by atoms with E-state index < -0.39 is 0 Å². The summed E-state index contributed by atoms with van der Waals surface area (Å²) in [5, 5.41) is 5.89. The highest BCUT2D eigenvalue weighted by Gasteiger charge is 2.23. The van der Waals surface area contributed by atoms with E-state index in [2.05, 4.69) is 20.7 Å². The summed E-state index contributed by atoms with van der Waals surface area (Å²) in [6.45, 7) is 2.04. The largest absolute Gasteiger partial charge is 0.353 e. The molecule has 0 spiro atoms. The number of carbonyl (C=O) groups excluding carboxylic acids is 1. The van der Waals surface area contributed by atoms with Crippen LogP contribution in [-0.4, -0.2) is 27.2 Å². The zero-order valence-corrected chi connectivity index (χ0v) is 14.8. The molecule has 0 saturated heterocycles. The second kappa shape index (κ2) is 7.93. The van der Waals surface area contributed by atoms with Crippen molar-refractivity contribution in [3.05, 3.63) is 41.2 Å². The molecule has 0 bridgehead atoms. The number of aromatic nitrogens is 2. The van der Waals surface area contributed by atoms with Gasteiger partial charge in [0.05, 0.1) is 6.42 Å². The molecule has 122 valence electrons. The number of thioether (sulfide) groups is 1. The maximum Gasteiger partial charge on any atom is 0.226 e. The third-order valence-electron chi connectivity index (χ3n) is 3.97. The summed E-state index contributed by atoms with van der Waals surface area (Å²) in [4.78, 5) is 20.8. The number of nitrogens with zero attached hydrogens (tertiary/aromatic N) is 2. The van der Waals surface area contributed by atoms with Crippen molar-refractivity contribution in [3.8, 4) is 0 Å². The lowest BCUT2D eigenvalue weighted by molar-refractivity contribution is -0.121. The van der Waals surface area contributed by atoms with Gasteiger partial charge in [-0.1, -0.05) is 17.8 Å². The fourth-order valence-electron chi connectivity index (χ4n) is 2.80. The van der Waals surface area contributed by atoms with Gasteiger partial charge in [0.25, 0.3) is 0 Å². The van der Waals surface area contributed by atoms with Crippen molar-refractivity contribution in [1.29, 1.82) is 0 Å². The zero-order valence-electron chi connectivity index (χ0n) is 13.2. The third-order valence-corrected chi connectivity index (χ3v) is 6.40. The Kier molecular flexibility index (Phi) is 5.67. The van der Waals surface area contributed by atoms with Gasteiger partial charge in [-0.2, -0.15) is 0 Å². The van der Waals surface area contributed by atoms with Crippen LogP contribution in [0.5, 0.6) is 0 Å². The van der Waals surface area contributed by atoms with Crippen molar-refractivity contribution in [2.24, 2.45) is 0 Å². The van der Waals surface area contributed by atoms with Gasteiger partial charge in [-0.05, 0) is 44.7 Å². The van der Waals surface area contributed by atoms with Gasteiger partial charge >= 0.3 is 0 Å². The first-order chi connectivity index (χ1) is 11.2. The van der Waals surface area contributed by atoms with Crippen molar-refractivity contribution in [3.63, 3.8) is 0 Å². The molecule has 3 rings (SSSR count). The summed E-state index contributed by atoms with van der Waals surface area (Å²) in [5.74, 6) is 0.0790. The van der Waals surface area contributed by atoms with E-state index in [-0.39, 0.29) is 5.91 Å². The zero-order chi connectivity index (χ0) is 16.1. The molecule has 2 heterocycles. The number of hydrogen-bond acceptors (Lipinski definition) is 5. The summed E-state index contributed by atoms with van der Waals surface area (Å²) in [7, 11) is 0. The van der Waals surface area contributed by atoms with E-state index in [1.165, 1.54) is 4.34 Å². The number of nitrogens with one attached hydrogen (secondary N) is 1. The first kappa shape index (κ1) is 16.5. The minimum absolute atomic E-state index is 0.0790. The fraction of sp³-hybridized carbons (Fsp3) is 0.471. The van der Waals surface area contributed by atoms with Gasteiger partial charge in [-0.3, -0.25) is 9.78 Å². The summed E-state index contributed by atoms with van der Waals surface area (Å²) in [6.07, 6.45) is 6.47. The molecular formula is C17H21N3OS2. The Hall–Kier alpha value is -1.40. The van der Waals surface area contributed by atoms with E-state index in [1.54, 1.807) is 17.5 Å². The fourth-order valence-corrected chi connectivity index (χ4v) is 5.09. The molecule has 4 nitrogen and oxygen atoms in total. The lowest BCUT2D eigenvalue weighted by atomic mass is 9.95. The molecule has 0 aliphatic heterocycles. The van der Waals surface area contributed by atoms with Crippen LogP contribution in [-0.2, 0) is 11.2 Å². The number of amides is 1. The molecule has 2 aromatic heterocycles. The van der Waals surface area contributed by atoms with E-state index in [4.69, 9.17) is 0 Å². The summed E-state index contributed by atoms with van der Waals surface area (Å²) in [6, 6.07) is 5.98. The normalized spacial score (nSPS) is 21.1. The number of thiazole rings is 1. The van der Waals surface area contributed by atoms with Crippen LogP contribution in [0.1, 0.15) is 37.1 Å². The van der Waals surface area contributed by atoms with Crippen molar-refractivity contribution in [2.75, 3.05) is 0 Å². The topological polar surface area (TPSA) is 54.9 Å². The monoisotopic (exact) mass is 347 g/mol. The molecule has 1 saturated carbocycles. The molecule has 6 heteroatoms. The molecule has 1 N–H and O–H groups in total. The number of hydrogen-bond donors (Lipinski definition) is 1. The molecule has 1 amide bonds. The number of rotatable bonds is 5. The summed E-state index contributed by atoms with van der Waals surface area (Å²) >= 11 is 3.62. The van der Waals surface area contributed by atoms with Crippen LogP contribution >= 0.6 is 23.1 Å². The highest BCUT2D eigenvalue weighted by atomic mass is 32.2. The van der Waals surface area contributed by atoms with Gasteiger partial charge in [0.2, 0.25) is 5.91 Å². The number of carbonyl (C=O) groups is 1. The Balaban J connectivity index is 1.41. The van der Waals surface area contributed by atoms with E-state index in [1.807, 2.05) is 36.9 Å². The van der Waals surface area contributed by atoms with Crippen LogP contribution in [0.15, 0.2) is 34.1 Å². The molecular weight excluding hydrogens is 326 g/mol. The average molecular weight is 348 g/mol. The smallest absolute Gasteiger partial charge is 0.226 e. The second-order valence-corrected chi connectivity index (χ2v) is 8.32. The minimum Gasteiger partial charge on any atom is -0.353 e. The Labute approximate surface area is 145 Å². The molecule has 0 atom stereocenters. The van der Waals surface area contributed by atoms with Crippen molar-refractivity contribution in [1.82, 2.24) is 15.3 Å². The van der Waals surface area contributed by atoms with E-state index in [0.29, 0.717) is 17.7 Å². The lowest BCUT2D eigenvalue weighted by Gasteiger charge is -2.28. The van der Waals surface area contributed by atoms with E-state index >= 15 is 0 Å². The highest BCUT2D eigenvalue weighted by molar-refractivity contribution is 8.01. The first-order valence-corrected chi connectivity index (χ1v) is 9.73. The van der Waals surface area contributed by atoms with Crippen LogP contribution in [0.3, 0.4) is 0 Å². The predicted molar refractivity (Wildman–Crippen MR) is 94.8 cm³/mol. The Bertz CT molecular complexity index is 636. The molecule has 23 heavy (non-hydrogen) atoms. The Morgan fingerprint density at radius 1 is 1.35 bits per heavy atom. The van der Waals surface area contributed by atoms with Crippen LogP contribution < -0.4 is 5.32 Å². The van der Waals surface area contributed by atoms with Gasteiger partial charge < -0.3 is 5.32 Å². The standard InChI is InChI=1S/C17H21N3OS2/c1-12-11-22-17(19-12)23-15-7-5-13(6-8-15)20-16(21)10-14-4-2-3-9-18-14/h2-4,9,11,13,15H,5-8,10H2,1H3,(H,20,21). The van der Waals surface area contributed by atoms with Crippen molar-refractivity contribution in [2.45, 2.75) is 54.7 Å². The van der Waals surface area contributed by atoms with Crippen molar-refractivity contribution >= 4 is 29.0 Å². The maximum absolute atomic E-state index is 12.1.